The largest absolute Gasteiger partial charge is 0.392 e. The van der Waals surface area contributed by atoms with Crippen LogP contribution < -0.4 is 0 Å². The van der Waals surface area contributed by atoms with Crippen molar-refractivity contribution in [2.24, 2.45) is 0 Å². The third-order valence-electron chi connectivity index (χ3n) is 2.84. The van der Waals surface area contributed by atoms with Crippen molar-refractivity contribution in [1.29, 1.82) is 0 Å². The summed E-state index contributed by atoms with van der Waals surface area (Å²) < 4.78 is 13.5. The van der Waals surface area contributed by atoms with E-state index < -0.39 is 6.10 Å². The third kappa shape index (κ3) is 1.77. The van der Waals surface area contributed by atoms with Gasteiger partial charge in [-0.1, -0.05) is 24.1 Å². The summed E-state index contributed by atoms with van der Waals surface area (Å²) in [5.41, 5.74) is 0.597. The van der Waals surface area contributed by atoms with Gasteiger partial charge < -0.3 is 5.11 Å². The molecule has 0 spiro atoms. The van der Waals surface area contributed by atoms with Crippen LogP contribution in [0, 0.1) is 5.82 Å². The van der Waals surface area contributed by atoms with E-state index in [1.54, 1.807) is 12.1 Å². The van der Waals surface area contributed by atoms with Gasteiger partial charge in [-0.15, -0.1) is 0 Å². The Balaban J connectivity index is 2.31. The van der Waals surface area contributed by atoms with Crippen LogP contribution in [0.5, 0.6) is 0 Å². The molecule has 76 valence electrons. The Morgan fingerprint density at radius 3 is 2.71 bits per heavy atom. The Labute approximate surface area is 87.5 Å². The Hall–Kier alpha value is -0.600. The van der Waals surface area contributed by atoms with Crippen molar-refractivity contribution in [2.45, 2.75) is 31.3 Å². The number of aliphatic hydroxyl groups excluding tert-OH is 1. The van der Waals surface area contributed by atoms with Crippen molar-refractivity contribution < 1.29 is 9.50 Å². The van der Waals surface area contributed by atoms with E-state index in [2.05, 4.69) is 0 Å². The number of benzene rings is 1. The number of halogens is 2. The molecule has 1 aromatic rings. The predicted octanol–water partition coefficient (Wildman–Crippen LogP) is 3.11. The van der Waals surface area contributed by atoms with Gasteiger partial charge in [0.05, 0.1) is 6.10 Å². The highest BCUT2D eigenvalue weighted by molar-refractivity contribution is 6.30. The van der Waals surface area contributed by atoms with Crippen LogP contribution in [0.1, 0.15) is 30.7 Å². The number of rotatable bonds is 1. The van der Waals surface area contributed by atoms with Crippen LogP contribution >= 0.6 is 11.6 Å². The number of aliphatic hydroxyl groups is 1. The minimum absolute atomic E-state index is 0.0488. The topological polar surface area (TPSA) is 20.2 Å². The quantitative estimate of drug-likeness (QED) is 0.762. The van der Waals surface area contributed by atoms with E-state index in [1.165, 1.54) is 6.07 Å². The van der Waals surface area contributed by atoms with Crippen LogP contribution in [0.15, 0.2) is 18.2 Å². The fourth-order valence-electron chi connectivity index (χ4n) is 2.11. The molecule has 0 saturated heterocycles. The van der Waals surface area contributed by atoms with Gasteiger partial charge in [-0.05, 0) is 30.5 Å². The molecule has 1 aromatic carbocycles. The van der Waals surface area contributed by atoms with Crippen LogP contribution in [0.4, 0.5) is 4.39 Å². The summed E-state index contributed by atoms with van der Waals surface area (Å²) in [4.78, 5) is 0. The molecule has 0 heterocycles. The van der Waals surface area contributed by atoms with E-state index >= 15 is 0 Å². The van der Waals surface area contributed by atoms with Gasteiger partial charge in [0.15, 0.2) is 0 Å². The number of hydrogen-bond acceptors (Lipinski definition) is 1. The van der Waals surface area contributed by atoms with Crippen molar-refractivity contribution in [3.63, 3.8) is 0 Å². The van der Waals surface area contributed by atoms with Crippen LogP contribution in [0.2, 0.25) is 5.02 Å². The maximum Gasteiger partial charge on any atom is 0.128 e. The van der Waals surface area contributed by atoms with Crippen LogP contribution in [-0.4, -0.2) is 11.2 Å². The fourth-order valence-corrected chi connectivity index (χ4v) is 2.26. The molecule has 2 atom stereocenters. The van der Waals surface area contributed by atoms with Gasteiger partial charge in [-0.3, -0.25) is 0 Å². The van der Waals surface area contributed by atoms with E-state index in [4.69, 9.17) is 11.6 Å². The first-order valence-corrected chi connectivity index (χ1v) is 5.19. The van der Waals surface area contributed by atoms with Crippen molar-refractivity contribution in [1.82, 2.24) is 0 Å². The zero-order valence-electron chi connectivity index (χ0n) is 7.71. The molecule has 2 unspecified atom stereocenters. The molecule has 1 saturated carbocycles. The molecule has 1 nitrogen and oxygen atoms in total. The van der Waals surface area contributed by atoms with Gasteiger partial charge in [0, 0.05) is 10.9 Å². The van der Waals surface area contributed by atoms with Crippen LogP contribution in [0.25, 0.3) is 0 Å². The molecule has 1 aliphatic rings. The van der Waals surface area contributed by atoms with Crippen molar-refractivity contribution in [3.05, 3.63) is 34.6 Å². The maximum absolute atomic E-state index is 13.5. The van der Waals surface area contributed by atoms with E-state index in [1.807, 2.05) is 0 Å². The second-order valence-corrected chi connectivity index (χ2v) is 4.21. The Morgan fingerprint density at radius 1 is 1.36 bits per heavy atom. The Bertz CT molecular complexity index is 340. The molecular formula is C11H12ClFO. The lowest BCUT2D eigenvalue weighted by molar-refractivity contribution is 0.162. The molecule has 1 N–H and O–H groups in total. The smallest absolute Gasteiger partial charge is 0.128 e. The second-order valence-electron chi connectivity index (χ2n) is 3.77. The molecule has 1 fully saturated rings. The zero-order chi connectivity index (χ0) is 10.1. The SMILES string of the molecule is OC1CCCC1c1ccc(Cl)cc1F. The molecule has 0 aliphatic heterocycles. The average Bonchev–Trinajstić information content (AvgIpc) is 2.52. The summed E-state index contributed by atoms with van der Waals surface area (Å²) in [6, 6.07) is 4.66. The highest BCUT2D eigenvalue weighted by Crippen LogP contribution is 2.36. The summed E-state index contributed by atoms with van der Waals surface area (Å²) in [5, 5.41) is 10.0. The second kappa shape index (κ2) is 3.87. The molecular weight excluding hydrogens is 203 g/mol. The van der Waals surface area contributed by atoms with Gasteiger partial charge in [0.25, 0.3) is 0 Å². The van der Waals surface area contributed by atoms with Gasteiger partial charge >= 0.3 is 0 Å². The minimum atomic E-state index is -0.398. The average molecular weight is 215 g/mol. The third-order valence-corrected chi connectivity index (χ3v) is 3.08. The molecule has 1 aliphatic carbocycles. The van der Waals surface area contributed by atoms with Gasteiger partial charge in [0.1, 0.15) is 5.82 Å². The van der Waals surface area contributed by atoms with E-state index in [0.717, 1.165) is 19.3 Å². The first-order valence-electron chi connectivity index (χ1n) is 4.81. The maximum atomic E-state index is 13.5. The molecule has 3 heteroatoms. The highest BCUT2D eigenvalue weighted by Gasteiger charge is 2.28. The van der Waals surface area contributed by atoms with Crippen molar-refractivity contribution >= 4 is 11.6 Å². The summed E-state index contributed by atoms with van der Waals surface area (Å²) in [6.07, 6.45) is 2.20. The van der Waals surface area contributed by atoms with E-state index in [0.29, 0.717) is 10.6 Å². The fraction of sp³-hybridized carbons (Fsp3) is 0.455. The van der Waals surface area contributed by atoms with E-state index in [-0.39, 0.29) is 11.7 Å². The normalized spacial score (nSPS) is 26.8. The molecule has 0 bridgehead atoms. The first-order chi connectivity index (χ1) is 6.68. The molecule has 0 aromatic heterocycles. The van der Waals surface area contributed by atoms with Crippen molar-refractivity contribution in [2.75, 3.05) is 0 Å². The van der Waals surface area contributed by atoms with Crippen molar-refractivity contribution in [3.8, 4) is 0 Å². The molecule has 14 heavy (non-hydrogen) atoms. The summed E-state index contributed by atoms with van der Waals surface area (Å²) in [6.45, 7) is 0. The lowest BCUT2D eigenvalue weighted by Gasteiger charge is -2.15. The molecule has 0 radical (unpaired) electrons. The number of hydrogen-bond donors (Lipinski definition) is 1. The predicted molar refractivity (Wildman–Crippen MR) is 54.0 cm³/mol. The Kier molecular flexibility index (Phi) is 2.75. The van der Waals surface area contributed by atoms with Gasteiger partial charge in [-0.25, -0.2) is 4.39 Å². The lowest BCUT2D eigenvalue weighted by atomic mass is 9.95. The molecule has 0 amide bonds. The summed E-state index contributed by atoms with van der Waals surface area (Å²) >= 11 is 5.66. The van der Waals surface area contributed by atoms with Gasteiger partial charge in [0.2, 0.25) is 0 Å². The lowest BCUT2D eigenvalue weighted by Crippen LogP contribution is -2.12. The first kappa shape index (κ1) is 9.94. The summed E-state index contributed by atoms with van der Waals surface area (Å²) in [5.74, 6) is -0.351. The van der Waals surface area contributed by atoms with Gasteiger partial charge in [-0.2, -0.15) is 0 Å². The zero-order valence-corrected chi connectivity index (χ0v) is 8.47. The summed E-state index contributed by atoms with van der Waals surface area (Å²) in [7, 11) is 0. The molecule has 2 rings (SSSR count). The minimum Gasteiger partial charge on any atom is -0.392 e. The Morgan fingerprint density at radius 2 is 2.14 bits per heavy atom. The van der Waals surface area contributed by atoms with E-state index in [9.17, 15) is 9.50 Å². The van der Waals surface area contributed by atoms with Crippen LogP contribution in [-0.2, 0) is 0 Å². The standard InChI is InChI=1S/C11H12ClFO/c12-7-4-5-8(10(13)6-7)9-2-1-3-11(9)14/h4-6,9,11,14H,1-3H2. The monoisotopic (exact) mass is 214 g/mol. The van der Waals surface area contributed by atoms with Crippen LogP contribution in [0.3, 0.4) is 0 Å². The highest BCUT2D eigenvalue weighted by atomic mass is 35.5.